The van der Waals surface area contributed by atoms with Crippen molar-refractivity contribution < 1.29 is 5.11 Å². The van der Waals surface area contributed by atoms with Crippen molar-refractivity contribution in [1.29, 1.82) is 0 Å². The minimum absolute atomic E-state index is 0.162. The van der Waals surface area contributed by atoms with E-state index < -0.39 is 0 Å². The third-order valence-corrected chi connectivity index (χ3v) is 1.41. The molecule has 0 aliphatic rings. The highest BCUT2D eigenvalue weighted by Crippen LogP contribution is 2.11. The molecule has 10 heavy (non-hydrogen) atoms. The number of hydrogen-bond acceptors (Lipinski definition) is 1. The van der Waals surface area contributed by atoms with Gasteiger partial charge < -0.3 is 5.11 Å². The number of aliphatic hydroxyl groups is 1. The van der Waals surface area contributed by atoms with Crippen LogP contribution in [0.2, 0.25) is 0 Å². The molecule has 0 amide bonds. The SMILES string of the molecule is C=C(C)CC(CO)=C(C)C. The summed E-state index contributed by atoms with van der Waals surface area (Å²) in [5.74, 6) is 0. The molecule has 1 N–H and O–H groups in total. The largest absolute Gasteiger partial charge is 0.392 e. The van der Waals surface area contributed by atoms with Gasteiger partial charge >= 0.3 is 0 Å². The van der Waals surface area contributed by atoms with E-state index in [1.54, 1.807) is 0 Å². The predicted molar refractivity (Wildman–Crippen MR) is 44.9 cm³/mol. The zero-order chi connectivity index (χ0) is 8.15. The van der Waals surface area contributed by atoms with Gasteiger partial charge in [0.05, 0.1) is 6.61 Å². The van der Waals surface area contributed by atoms with Crippen molar-refractivity contribution in [3.63, 3.8) is 0 Å². The van der Waals surface area contributed by atoms with Crippen LogP contribution in [-0.4, -0.2) is 11.7 Å². The molecule has 1 heteroatoms. The van der Waals surface area contributed by atoms with Crippen LogP contribution in [0.1, 0.15) is 27.2 Å². The van der Waals surface area contributed by atoms with Crippen LogP contribution < -0.4 is 0 Å². The van der Waals surface area contributed by atoms with E-state index in [2.05, 4.69) is 6.58 Å². The highest BCUT2D eigenvalue weighted by atomic mass is 16.3. The quantitative estimate of drug-likeness (QED) is 0.596. The predicted octanol–water partition coefficient (Wildman–Crippen LogP) is 2.28. The van der Waals surface area contributed by atoms with Crippen LogP contribution in [0, 0.1) is 0 Å². The fraction of sp³-hybridized carbons (Fsp3) is 0.556. The van der Waals surface area contributed by atoms with E-state index in [1.807, 2.05) is 20.8 Å². The average Bonchev–Trinajstić information content (AvgIpc) is 1.81. The molecule has 0 saturated heterocycles. The van der Waals surface area contributed by atoms with Crippen LogP contribution in [-0.2, 0) is 0 Å². The lowest BCUT2D eigenvalue weighted by Gasteiger charge is -2.04. The van der Waals surface area contributed by atoms with E-state index >= 15 is 0 Å². The standard InChI is InChI=1S/C9H16O/c1-7(2)5-9(6-10)8(3)4/h10H,1,5-6H2,2-4H3. The Hall–Kier alpha value is -0.560. The molecule has 0 aliphatic heterocycles. The minimum atomic E-state index is 0.162. The monoisotopic (exact) mass is 140 g/mol. The summed E-state index contributed by atoms with van der Waals surface area (Å²) in [5, 5.41) is 8.85. The van der Waals surface area contributed by atoms with Crippen LogP contribution in [0.3, 0.4) is 0 Å². The first-order chi connectivity index (χ1) is 4.57. The Morgan fingerprint density at radius 2 is 1.80 bits per heavy atom. The van der Waals surface area contributed by atoms with Crippen molar-refractivity contribution in [2.45, 2.75) is 27.2 Å². The fourth-order valence-electron chi connectivity index (χ4n) is 0.755. The van der Waals surface area contributed by atoms with Gasteiger partial charge in [-0.3, -0.25) is 0 Å². The van der Waals surface area contributed by atoms with Crippen molar-refractivity contribution >= 4 is 0 Å². The summed E-state index contributed by atoms with van der Waals surface area (Å²) in [6, 6.07) is 0. The second kappa shape index (κ2) is 4.29. The van der Waals surface area contributed by atoms with Crippen molar-refractivity contribution in [2.24, 2.45) is 0 Å². The first kappa shape index (κ1) is 9.44. The maximum absolute atomic E-state index is 8.85. The van der Waals surface area contributed by atoms with Crippen LogP contribution in [0.4, 0.5) is 0 Å². The summed E-state index contributed by atoms with van der Waals surface area (Å²) in [6.07, 6.45) is 0.832. The summed E-state index contributed by atoms with van der Waals surface area (Å²) < 4.78 is 0. The highest BCUT2D eigenvalue weighted by Gasteiger charge is 1.96. The molecule has 0 saturated carbocycles. The van der Waals surface area contributed by atoms with Crippen molar-refractivity contribution in [3.8, 4) is 0 Å². The Morgan fingerprint density at radius 3 is 1.90 bits per heavy atom. The first-order valence-electron chi connectivity index (χ1n) is 3.48. The van der Waals surface area contributed by atoms with E-state index in [4.69, 9.17) is 5.11 Å². The van der Waals surface area contributed by atoms with Crippen LogP contribution in [0.5, 0.6) is 0 Å². The molecule has 1 nitrogen and oxygen atoms in total. The van der Waals surface area contributed by atoms with Gasteiger partial charge in [0.25, 0.3) is 0 Å². The van der Waals surface area contributed by atoms with Crippen molar-refractivity contribution in [2.75, 3.05) is 6.61 Å². The zero-order valence-electron chi connectivity index (χ0n) is 7.07. The average molecular weight is 140 g/mol. The third-order valence-electron chi connectivity index (χ3n) is 1.41. The van der Waals surface area contributed by atoms with Gasteiger partial charge in [0.1, 0.15) is 0 Å². The van der Waals surface area contributed by atoms with Crippen LogP contribution >= 0.6 is 0 Å². The molecule has 0 aromatic carbocycles. The topological polar surface area (TPSA) is 20.2 Å². The summed E-state index contributed by atoms with van der Waals surface area (Å²) in [7, 11) is 0. The lowest BCUT2D eigenvalue weighted by Crippen LogP contribution is -1.93. The molecule has 0 aromatic rings. The Bertz CT molecular complexity index is 150. The molecule has 0 atom stereocenters. The van der Waals surface area contributed by atoms with E-state index in [9.17, 15) is 0 Å². The maximum Gasteiger partial charge on any atom is 0.0647 e. The Balaban J connectivity index is 4.11. The molecule has 0 aliphatic carbocycles. The molecular formula is C9H16O. The molecule has 0 fully saturated rings. The molecule has 0 heterocycles. The van der Waals surface area contributed by atoms with Gasteiger partial charge in [0, 0.05) is 0 Å². The van der Waals surface area contributed by atoms with Crippen molar-refractivity contribution in [1.82, 2.24) is 0 Å². The smallest absolute Gasteiger partial charge is 0.0647 e. The Labute approximate surface area is 63.1 Å². The maximum atomic E-state index is 8.85. The van der Waals surface area contributed by atoms with E-state index in [0.29, 0.717) is 0 Å². The fourth-order valence-corrected chi connectivity index (χ4v) is 0.755. The van der Waals surface area contributed by atoms with Gasteiger partial charge in [-0.25, -0.2) is 0 Å². The number of hydrogen-bond donors (Lipinski definition) is 1. The normalized spacial score (nSPS) is 9.20. The van der Waals surface area contributed by atoms with Crippen molar-refractivity contribution in [3.05, 3.63) is 23.3 Å². The second-order valence-electron chi connectivity index (χ2n) is 2.90. The summed E-state index contributed by atoms with van der Waals surface area (Å²) in [4.78, 5) is 0. The third kappa shape index (κ3) is 3.46. The second-order valence-corrected chi connectivity index (χ2v) is 2.90. The lowest BCUT2D eigenvalue weighted by atomic mass is 10.0. The van der Waals surface area contributed by atoms with E-state index in [0.717, 1.165) is 17.6 Å². The van der Waals surface area contributed by atoms with Gasteiger partial charge in [0.2, 0.25) is 0 Å². The van der Waals surface area contributed by atoms with Gasteiger partial charge in [-0.1, -0.05) is 17.7 Å². The zero-order valence-corrected chi connectivity index (χ0v) is 7.07. The Kier molecular flexibility index (Phi) is 4.05. The summed E-state index contributed by atoms with van der Waals surface area (Å²) in [5.41, 5.74) is 3.39. The number of allylic oxidation sites excluding steroid dienone is 2. The van der Waals surface area contributed by atoms with Gasteiger partial charge in [-0.05, 0) is 32.8 Å². The summed E-state index contributed by atoms with van der Waals surface area (Å²) >= 11 is 0. The van der Waals surface area contributed by atoms with Gasteiger partial charge in [-0.2, -0.15) is 0 Å². The summed E-state index contributed by atoms with van der Waals surface area (Å²) in [6.45, 7) is 9.93. The van der Waals surface area contributed by atoms with Gasteiger partial charge in [-0.15, -0.1) is 0 Å². The van der Waals surface area contributed by atoms with Gasteiger partial charge in [0.15, 0.2) is 0 Å². The van der Waals surface area contributed by atoms with E-state index in [1.165, 1.54) is 5.57 Å². The molecule has 0 radical (unpaired) electrons. The highest BCUT2D eigenvalue weighted by molar-refractivity contribution is 5.16. The molecule has 0 rings (SSSR count). The molecule has 0 spiro atoms. The van der Waals surface area contributed by atoms with E-state index in [-0.39, 0.29) is 6.61 Å². The lowest BCUT2D eigenvalue weighted by molar-refractivity contribution is 0.327. The minimum Gasteiger partial charge on any atom is -0.392 e. The number of rotatable bonds is 3. The molecule has 0 aromatic heterocycles. The molecule has 0 bridgehead atoms. The molecule has 58 valence electrons. The van der Waals surface area contributed by atoms with Crippen LogP contribution in [0.25, 0.3) is 0 Å². The Morgan fingerprint density at radius 1 is 1.30 bits per heavy atom. The first-order valence-corrected chi connectivity index (χ1v) is 3.48. The number of aliphatic hydroxyl groups excluding tert-OH is 1. The van der Waals surface area contributed by atoms with Crippen LogP contribution in [0.15, 0.2) is 23.3 Å². The molecular weight excluding hydrogens is 124 g/mol. The molecule has 0 unspecified atom stereocenters.